The Morgan fingerprint density at radius 3 is 2.71 bits per heavy atom. The molecule has 1 aromatic carbocycles. The number of carbonyl (C=O) groups excluding carboxylic acids is 1. The lowest BCUT2D eigenvalue weighted by Crippen LogP contribution is -2.62. The van der Waals surface area contributed by atoms with Crippen molar-refractivity contribution in [1.82, 2.24) is 5.32 Å². The Morgan fingerprint density at radius 2 is 2.05 bits per heavy atom. The van der Waals surface area contributed by atoms with E-state index in [-0.39, 0.29) is 5.54 Å². The van der Waals surface area contributed by atoms with Crippen LogP contribution in [-0.2, 0) is 0 Å². The van der Waals surface area contributed by atoms with Crippen LogP contribution in [0.1, 0.15) is 42.5 Å². The molecule has 0 unspecified atom stereocenters. The van der Waals surface area contributed by atoms with Gasteiger partial charge < -0.3 is 16.0 Å². The number of nitrogens with two attached hydrogens (primary N) is 1. The Hall–Kier alpha value is -1.26. The molecule has 4 nitrogen and oxygen atoms in total. The van der Waals surface area contributed by atoms with Crippen LogP contribution in [0.3, 0.4) is 0 Å². The number of primary amides is 1. The van der Waals surface area contributed by atoms with Crippen molar-refractivity contribution >= 4 is 23.2 Å². The van der Waals surface area contributed by atoms with Crippen LogP contribution in [0.5, 0.6) is 0 Å². The quantitative estimate of drug-likeness (QED) is 0.883. The second-order valence-electron chi connectivity index (χ2n) is 6.14. The largest absolute Gasteiger partial charge is 0.366 e. The van der Waals surface area contributed by atoms with Gasteiger partial charge in [0.2, 0.25) is 5.91 Å². The van der Waals surface area contributed by atoms with Gasteiger partial charge in [-0.2, -0.15) is 0 Å². The Labute approximate surface area is 130 Å². The molecule has 2 aliphatic rings. The fourth-order valence-corrected chi connectivity index (χ4v) is 4.04. The number of hydrogen-bond acceptors (Lipinski definition) is 3. The second-order valence-corrected chi connectivity index (χ2v) is 6.55. The minimum atomic E-state index is -0.434. The van der Waals surface area contributed by atoms with E-state index in [9.17, 15) is 4.79 Å². The van der Waals surface area contributed by atoms with Crippen molar-refractivity contribution in [3.8, 4) is 0 Å². The molecule has 1 heterocycles. The number of halogens is 1. The first-order chi connectivity index (χ1) is 10.1. The molecule has 1 aromatic rings. The first kappa shape index (κ1) is 14.7. The predicted octanol–water partition coefficient (Wildman–Crippen LogP) is 2.55. The molecule has 1 saturated carbocycles. The van der Waals surface area contributed by atoms with Crippen molar-refractivity contribution in [3.05, 3.63) is 28.8 Å². The van der Waals surface area contributed by atoms with Gasteiger partial charge in [-0.15, -0.1) is 0 Å². The molecule has 1 aliphatic carbocycles. The first-order valence-corrected chi connectivity index (χ1v) is 8.08. The number of rotatable bonds is 2. The minimum absolute atomic E-state index is 0.175. The van der Waals surface area contributed by atoms with Crippen molar-refractivity contribution in [3.63, 3.8) is 0 Å². The standard InChI is InChI=1S/C16H22ClN3O/c17-13-10-12(15(18)21)4-5-14(13)20-9-8-19-11-16(20)6-2-1-3-7-16/h4-5,10,19H,1-3,6-9,11H2,(H2,18,21). The van der Waals surface area contributed by atoms with E-state index in [0.717, 1.165) is 25.3 Å². The van der Waals surface area contributed by atoms with E-state index >= 15 is 0 Å². The molecule has 5 heteroatoms. The molecule has 1 saturated heterocycles. The van der Waals surface area contributed by atoms with Gasteiger partial charge in [0.05, 0.1) is 16.2 Å². The van der Waals surface area contributed by atoms with E-state index in [4.69, 9.17) is 17.3 Å². The Bertz CT molecular complexity index is 532. The van der Waals surface area contributed by atoms with E-state index in [2.05, 4.69) is 10.2 Å². The van der Waals surface area contributed by atoms with Gasteiger partial charge in [0.1, 0.15) is 0 Å². The van der Waals surface area contributed by atoms with Crippen LogP contribution >= 0.6 is 11.6 Å². The number of anilines is 1. The lowest BCUT2D eigenvalue weighted by Gasteiger charge is -2.51. The summed E-state index contributed by atoms with van der Waals surface area (Å²) in [5, 5.41) is 4.16. The van der Waals surface area contributed by atoms with Crippen LogP contribution in [0.15, 0.2) is 18.2 Å². The summed E-state index contributed by atoms with van der Waals surface area (Å²) in [5.41, 5.74) is 7.00. The second kappa shape index (κ2) is 5.85. The SMILES string of the molecule is NC(=O)c1ccc(N2CCNCC23CCCCC3)c(Cl)c1. The normalized spacial score (nSPS) is 21.5. The van der Waals surface area contributed by atoms with Gasteiger partial charge in [0.25, 0.3) is 0 Å². The topological polar surface area (TPSA) is 58.4 Å². The maximum absolute atomic E-state index is 11.3. The molecular weight excluding hydrogens is 286 g/mol. The summed E-state index contributed by atoms with van der Waals surface area (Å²) in [6.45, 7) is 2.94. The number of carbonyl (C=O) groups is 1. The van der Waals surface area contributed by atoms with Crippen LogP contribution in [0.25, 0.3) is 0 Å². The van der Waals surface area contributed by atoms with Gasteiger partial charge in [0.15, 0.2) is 0 Å². The van der Waals surface area contributed by atoms with E-state index in [1.54, 1.807) is 12.1 Å². The minimum Gasteiger partial charge on any atom is -0.366 e. The lowest BCUT2D eigenvalue weighted by atomic mass is 9.78. The summed E-state index contributed by atoms with van der Waals surface area (Å²) in [7, 11) is 0. The van der Waals surface area contributed by atoms with Crippen LogP contribution in [-0.4, -0.2) is 31.1 Å². The predicted molar refractivity (Wildman–Crippen MR) is 86.0 cm³/mol. The highest BCUT2D eigenvalue weighted by atomic mass is 35.5. The van der Waals surface area contributed by atoms with Crippen molar-refractivity contribution in [2.45, 2.75) is 37.6 Å². The summed E-state index contributed by atoms with van der Waals surface area (Å²) in [4.78, 5) is 13.7. The van der Waals surface area contributed by atoms with Gasteiger partial charge in [-0.05, 0) is 31.0 Å². The van der Waals surface area contributed by atoms with E-state index in [1.807, 2.05) is 6.07 Å². The molecule has 2 fully saturated rings. The monoisotopic (exact) mass is 307 g/mol. The Balaban J connectivity index is 1.95. The molecule has 1 spiro atoms. The Kier molecular flexibility index (Phi) is 4.09. The average Bonchev–Trinajstić information content (AvgIpc) is 2.49. The maximum atomic E-state index is 11.3. The third-order valence-corrected chi connectivity index (χ3v) is 5.15. The van der Waals surface area contributed by atoms with Crippen LogP contribution in [0.4, 0.5) is 5.69 Å². The van der Waals surface area contributed by atoms with Gasteiger partial charge in [0, 0.05) is 25.2 Å². The molecule has 3 N–H and O–H groups in total. The van der Waals surface area contributed by atoms with E-state index < -0.39 is 5.91 Å². The highest BCUT2D eigenvalue weighted by Gasteiger charge is 2.40. The molecule has 3 rings (SSSR count). The number of amides is 1. The maximum Gasteiger partial charge on any atom is 0.248 e. The molecule has 1 amide bonds. The molecule has 1 aliphatic heterocycles. The molecule has 0 atom stereocenters. The third kappa shape index (κ3) is 2.74. The zero-order valence-electron chi connectivity index (χ0n) is 12.2. The Morgan fingerprint density at radius 1 is 1.29 bits per heavy atom. The number of nitrogens with one attached hydrogen (secondary N) is 1. The number of benzene rings is 1. The molecule has 0 bridgehead atoms. The average molecular weight is 308 g/mol. The van der Waals surface area contributed by atoms with Crippen molar-refractivity contribution < 1.29 is 4.79 Å². The van der Waals surface area contributed by atoms with Crippen molar-refractivity contribution in [2.24, 2.45) is 5.73 Å². The highest BCUT2D eigenvalue weighted by molar-refractivity contribution is 6.33. The summed E-state index contributed by atoms with van der Waals surface area (Å²) >= 11 is 6.44. The smallest absolute Gasteiger partial charge is 0.248 e. The zero-order chi connectivity index (χ0) is 14.9. The number of hydrogen-bond donors (Lipinski definition) is 2. The molecule has 21 heavy (non-hydrogen) atoms. The highest BCUT2D eigenvalue weighted by Crippen LogP contribution is 2.40. The van der Waals surface area contributed by atoms with Crippen LogP contribution in [0.2, 0.25) is 5.02 Å². The fourth-order valence-electron chi connectivity index (χ4n) is 3.76. The van der Waals surface area contributed by atoms with Crippen molar-refractivity contribution in [1.29, 1.82) is 0 Å². The molecule has 0 radical (unpaired) electrons. The van der Waals surface area contributed by atoms with Gasteiger partial charge in [-0.3, -0.25) is 4.79 Å². The number of nitrogens with zero attached hydrogens (tertiary/aromatic N) is 1. The third-order valence-electron chi connectivity index (χ3n) is 4.85. The lowest BCUT2D eigenvalue weighted by molar-refractivity contribution is 0.100. The van der Waals surface area contributed by atoms with Crippen molar-refractivity contribution in [2.75, 3.05) is 24.5 Å². The van der Waals surface area contributed by atoms with Gasteiger partial charge in [-0.1, -0.05) is 30.9 Å². The van der Waals surface area contributed by atoms with E-state index in [1.165, 1.54) is 32.1 Å². The molecule has 114 valence electrons. The zero-order valence-corrected chi connectivity index (χ0v) is 13.0. The van der Waals surface area contributed by atoms with Gasteiger partial charge in [-0.25, -0.2) is 0 Å². The summed E-state index contributed by atoms with van der Waals surface area (Å²) in [6.07, 6.45) is 6.27. The first-order valence-electron chi connectivity index (χ1n) is 7.70. The fraction of sp³-hybridized carbons (Fsp3) is 0.562. The van der Waals surface area contributed by atoms with Gasteiger partial charge >= 0.3 is 0 Å². The summed E-state index contributed by atoms with van der Waals surface area (Å²) < 4.78 is 0. The summed E-state index contributed by atoms with van der Waals surface area (Å²) in [6, 6.07) is 5.42. The van der Waals surface area contributed by atoms with Crippen LogP contribution in [0, 0.1) is 0 Å². The molecule has 0 aromatic heterocycles. The van der Waals surface area contributed by atoms with Crippen LogP contribution < -0.4 is 16.0 Å². The summed E-state index contributed by atoms with van der Waals surface area (Å²) in [5.74, 6) is -0.434. The molecular formula is C16H22ClN3O. The van der Waals surface area contributed by atoms with E-state index in [0.29, 0.717) is 10.6 Å². The number of piperazine rings is 1.